The SMILES string of the molecule is CC1=C2CCCC=C2N(Cc2ccccc2)C1=O. The van der Waals surface area contributed by atoms with Crippen molar-refractivity contribution in [2.75, 3.05) is 0 Å². The van der Waals surface area contributed by atoms with Gasteiger partial charge in [-0.3, -0.25) is 4.79 Å². The molecule has 0 aromatic heterocycles. The molecule has 0 fully saturated rings. The van der Waals surface area contributed by atoms with Crippen molar-refractivity contribution in [2.45, 2.75) is 32.7 Å². The van der Waals surface area contributed by atoms with Crippen LogP contribution in [0, 0.1) is 0 Å². The lowest BCUT2D eigenvalue weighted by Gasteiger charge is -2.22. The van der Waals surface area contributed by atoms with Crippen LogP contribution in [0.3, 0.4) is 0 Å². The van der Waals surface area contributed by atoms with Gasteiger partial charge in [0.2, 0.25) is 0 Å². The summed E-state index contributed by atoms with van der Waals surface area (Å²) in [5.41, 5.74) is 4.55. The molecule has 3 rings (SSSR count). The van der Waals surface area contributed by atoms with Crippen molar-refractivity contribution in [1.29, 1.82) is 0 Å². The highest BCUT2D eigenvalue weighted by Crippen LogP contribution is 2.36. The molecule has 2 heteroatoms. The minimum Gasteiger partial charge on any atom is -0.304 e. The molecule has 0 saturated carbocycles. The average Bonchev–Trinajstić information content (AvgIpc) is 2.66. The van der Waals surface area contributed by atoms with E-state index in [-0.39, 0.29) is 5.91 Å². The molecule has 2 aliphatic rings. The van der Waals surface area contributed by atoms with Gasteiger partial charge in [-0.25, -0.2) is 0 Å². The molecule has 1 amide bonds. The predicted octanol–water partition coefficient (Wildman–Crippen LogP) is 3.41. The quantitative estimate of drug-likeness (QED) is 0.774. The van der Waals surface area contributed by atoms with Crippen LogP contribution in [0.15, 0.2) is 53.3 Å². The maximum atomic E-state index is 12.3. The number of carbonyl (C=O) groups excluding carboxylic acids is 1. The van der Waals surface area contributed by atoms with E-state index in [1.54, 1.807) is 0 Å². The zero-order valence-electron chi connectivity index (χ0n) is 10.6. The van der Waals surface area contributed by atoms with Gasteiger partial charge in [-0.1, -0.05) is 36.4 Å². The number of nitrogens with zero attached hydrogens (tertiary/aromatic N) is 1. The summed E-state index contributed by atoms with van der Waals surface area (Å²) >= 11 is 0. The van der Waals surface area contributed by atoms with Crippen LogP contribution in [-0.4, -0.2) is 10.8 Å². The van der Waals surface area contributed by atoms with Gasteiger partial charge in [0.25, 0.3) is 5.91 Å². The Balaban J connectivity index is 1.90. The maximum Gasteiger partial charge on any atom is 0.254 e. The van der Waals surface area contributed by atoms with Crippen molar-refractivity contribution in [3.63, 3.8) is 0 Å². The molecule has 0 unspecified atom stereocenters. The third kappa shape index (κ3) is 1.78. The molecule has 1 aromatic rings. The van der Waals surface area contributed by atoms with Crippen LogP contribution >= 0.6 is 0 Å². The van der Waals surface area contributed by atoms with E-state index < -0.39 is 0 Å². The molecule has 0 N–H and O–H groups in total. The van der Waals surface area contributed by atoms with Crippen LogP contribution in [0.5, 0.6) is 0 Å². The van der Waals surface area contributed by atoms with Gasteiger partial charge in [-0.2, -0.15) is 0 Å². The number of hydrogen-bond donors (Lipinski definition) is 0. The van der Waals surface area contributed by atoms with Crippen LogP contribution in [0.1, 0.15) is 31.7 Å². The Kier molecular flexibility index (Phi) is 2.78. The zero-order chi connectivity index (χ0) is 12.5. The number of amides is 1. The highest BCUT2D eigenvalue weighted by atomic mass is 16.2. The molecule has 0 spiro atoms. The molecule has 2 nitrogen and oxygen atoms in total. The maximum absolute atomic E-state index is 12.3. The van der Waals surface area contributed by atoms with E-state index in [0.29, 0.717) is 6.54 Å². The van der Waals surface area contributed by atoms with Crippen LogP contribution in [-0.2, 0) is 11.3 Å². The molecular weight excluding hydrogens is 222 g/mol. The highest BCUT2D eigenvalue weighted by Gasteiger charge is 2.32. The molecular formula is C16H17NO. The Labute approximate surface area is 108 Å². The standard InChI is InChI=1S/C16H17NO/c1-12-14-9-5-6-10-15(14)17(16(12)18)11-13-7-3-2-4-8-13/h2-4,7-8,10H,5-6,9,11H2,1H3. The molecule has 18 heavy (non-hydrogen) atoms. The van der Waals surface area contributed by atoms with Gasteiger partial charge >= 0.3 is 0 Å². The van der Waals surface area contributed by atoms with Crippen molar-refractivity contribution < 1.29 is 4.79 Å². The van der Waals surface area contributed by atoms with Gasteiger partial charge < -0.3 is 4.90 Å². The molecule has 0 bridgehead atoms. The Hall–Kier alpha value is -1.83. The fourth-order valence-electron chi connectivity index (χ4n) is 2.79. The molecule has 1 aliphatic heterocycles. The fraction of sp³-hybridized carbons (Fsp3) is 0.312. The van der Waals surface area contributed by atoms with Crippen LogP contribution < -0.4 is 0 Å². The monoisotopic (exact) mass is 239 g/mol. The summed E-state index contributed by atoms with van der Waals surface area (Å²) in [6.07, 6.45) is 5.53. The average molecular weight is 239 g/mol. The van der Waals surface area contributed by atoms with Crippen molar-refractivity contribution in [3.8, 4) is 0 Å². The van der Waals surface area contributed by atoms with Gasteiger partial charge in [0, 0.05) is 11.3 Å². The summed E-state index contributed by atoms with van der Waals surface area (Å²) in [4.78, 5) is 14.2. The largest absolute Gasteiger partial charge is 0.304 e. The van der Waals surface area contributed by atoms with Gasteiger partial charge in [0.05, 0.1) is 6.54 Å². The third-order valence-electron chi connectivity index (χ3n) is 3.77. The first kappa shape index (κ1) is 11.3. The minimum absolute atomic E-state index is 0.182. The number of rotatable bonds is 2. The molecule has 1 aromatic carbocycles. The van der Waals surface area contributed by atoms with Crippen LogP contribution in [0.25, 0.3) is 0 Å². The summed E-state index contributed by atoms with van der Waals surface area (Å²) in [6, 6.07) is 10.2. The molecule has 0 radical (unpaired) electrons. The Morgan fingerprint density at radius 1 is 1.22 bits per heavy atom. The topological polar surface area (TPSA) is 20.3 Å². The van der Waals surface area contributed by atoms with Gasteiger partial charge in [0.1, 0.15) is 0 Å². The van der Waals surface area contributed by atoms with E-state index in [2.05, 4.69) is 18.2 Å². The fourth-order valence-corrected chi connectivity index (χ4v) is 2.79. The zero-order valence-corrected chi connectivity index (χ0v) is 10.6. The van der Waals surface area contributed by atoms with Gasteiger partial charge in [0.15, 0.2) is 0 Å². The van der Waals surface area contributed by atoms with E-state index in [1.807, 2.05) is 30.0 Å². The van der Waals surface area contributed by atoms with Gasteiger partial charge in [-0.05, 0) is 37.3 Å². The Morgan fingerprint density at radius 2 is 2.00 bits per heavy atom. The van der Waals surface area contributed by atoms with E-state index >= 15 is 0 Å². The predicted molar refractivity (Wildman–Crippen MR) is 71.6 cm³/mol. The van der Waals surface area contributed by atoms with E-state index in [0.717, 1.165) is 24.1 Å². The first-order valence-electron chi connectivity index (χ1n) is 6.53. The lowest BCUT2D eigenvalue weighted by molar-refractivity contribution is -0.124. The van der Waals surface area contributed by atoms with Crippen molar-refractivity contribution in [3.05, 3.63) is 58.8 Å². The van der Waals surface area contributed by atoms with E-state index in [1.165, 1.54) is 17.6 Å². The Bertz CT molecular complexity index is 539. The third-order valence-corrected chi connectivity index (χ3v) is 3.77. The number of allylic oxidation sites excluding steroid dienone is 2. The van der Waals surface area contributed by atoms with Gasteiger partial charge in [-0.15, -0.1) is 0 Å². The van der Waals surface area contributed by atoms with Crippen molar-refractivity contribution in [1.82, 2.24) is 4.90 Å². The summed E-state index contributed by atoms with van der Waals surface area (Å²) in [7, 11) is 0. The van der Waals surface area contributed by atoms with Crippen molar-refractivity contribution >= 4 is 5.91 Å². The summed E-state index contributed by atoms with van der Waals surface area (Å²) in [5, 5.41) is 0. The first-order chi connectivity index (χ1) is 8.77. The van der Waals surface area contributed by atoms with E-state index in [4.69, 9.17) is 0 Å². The summed E-state index contributed by atoms with van der Waals surface area (Å²) in [6.45, 7) is 2.65. The first-order valence-corrected chi connectivity index (χ1v) is 6.53. The second-order valence-corrected chi connectivity index (χ2v) is 4.96. The van der Waals surface area contributed by atoms with Crippen LogP contribution in [0.4, 0.5) is 0 Å². The number of hydrogen-bond acceptors (Lipinski definition) is 1. The lowest BCUT2D eigenvalue weighted by atomic mass is 9.97. The number of carbonyl (C=O) groups is 1. The van der Waals surface area contributed by atoms with Crippen LogP contribution in [0.2, 0.25) is 0 Å². The van der Waals surface area contributed by atoms with E-state index in [9.17, 15) is 4.79 Å². The molecule has 1 aliphatic carbocycles. The smallest absolute Gasteiger partial charge is 0.254 e. The Morgan fingerprint density at radius 3 is 2.78 bits per heavy atom. The second-order valence-electron chi connectivity index (χ2n) is 4.96. The molecule has 92 valence electrons. The molecule has 1 heterocycles. The van der Waals surface area contributed by atoms with Crippen molar-refractivity contribution in [2.24, 2.45) is 0 Å². The summed E-state index contributed by atoms with van der Waals surface area (Å²) < 4.78 is 0. The normalized spacial score (nSPS) is 19.1. The minimum atomic E-state index is 0.182. The number of benzene rings is 1. The highest BCUT2D eigenvalue weighted by molar-refractivity contribution is 5.99. The molecule has 0 atom stereocenters. The molecule has 0 saturated heterocycles. The number of fused-ring (bicyclic) bond motifs is 1. The second kappa shape index (κ2) is 4.45. The summed E-state index contributed by atoms with van der Waals surface area (Å²) in [5.74, 6) is 0.182. The lowest BCUT2D eigenvalue weighted by Crippen LogP contribution is -2.25.